The summed E-state index contributed by atoms with van der Waals surface area (Å²) in [7, 11) is 0. The van der Waals surface area contributed by atoms with Gasteiger partial charge in [0, 0.05) is 0 Å². The van der Waals surface area contributed by atoms with Crippen LogP contribution in [0.25, 0.3) is 6.08 Å². The van der Waals surface area contributed by atoms with Crippen LogP contribution in [0.15, 0.2) is 22.9 Å². The quantitative estimate of drug-likeness (QED) is 0.707. The van der Waals surface area contributed by atoms with E-state index in [9.17, 15) is 0 Å². The van der Waals surface area contributed by atoms with Crippen LogP contribution in [-0.2, 0) is 0 Å². The molecule has 53 valence electrons. The van der Waals surface area contributed by atoms with Crippen molar-refractivity contribution in [2.45, 2.75) is 6.42 Å². The molecule has 0 atom stereocenters. The second-order valence-electron chi connectivity index (χ2n) is 1.88. The van der Waals surface area contributed by atoms with Gasteiger partial charge in [-0.05, 0) is 28.8 Å². The molecule has 1 N–H and O–H groups in total. The van der Waals surface area contributed by atoms with Gasteiger partial charge in [0.25, 0.3) is 0 Å². The van der Waals surface area contributed by atoms with E-state index in [2.05, 4.69) is 5.38 Å². The minimum atomic E-state index is 0.621. The average molecular weight is 153 g/mol. The summed E-state index contributed by atoms with van der Waals surface area (Å²) in [5.74, 6) is 0. The normalized spacial score (nSPS) is 10.9. The predicted octanol–water partition coefficient (Wildman–Crippen LogP) is 2.69. The van der Waals surface area contributed by atoms with Gasteiger partial charge in [-0.15, -0.1) is 0 Å². The maximum Gasteiger partial charge on any atom is 0.0836 e. The predicted molar refractivity (Wildman–Crippen MR) is 44.2 cm³/mol. The molecule has 0 bridgehead atoms. The summed E-state index contributed by atoms with van der Waals surface area (Å²) in [6, 6.07) is 2.04. The Morgan fingerprint density at radius 1 is 1.60 bits per heavy atom. The molecular formula is C8H9OS. The number of aliphatic hydroxyl groups is 1. The Morgan fingerprint density at radius 3 is 3.10 bits per heavy atom. The summed E-state index contributed by atoms with van der Waals surface area (Å²) in [6.07, 6.45) is 4.53. The van der Waals surface area contributed by atoms with Crippen LogP contribution in [0.5, 0.6) is 0 Å². The smallest absolute Gasteiger partial charge is 0.0836 e. The van der Waals surface area contributed by atoms with Gasteiger partial charge in [0.15, 0.2) is 0 Å². The third-order valence-corrected chi connectivity index (χ3v) is 1.80. The molecule has 10 heavy (non-hydrogen) atoms. The molecule has 2 heteroatoms. The number of hydrogen-bond acceptors (Lipinski definition) is 2. The molecule has 1 radical (unpaired) electrons. The topological polar surface area (TPSA) is 20.2 Å². The van der Waals surface area contributed by atoms with Crippen LogP contribution in [0, 0.1) is 6.61 Å². The first-order chi connectivity index (χ1) is 4.93. The Hall–Kier alpha value is -0.600. The highest BCUT2D eigenvalue weighted by Crippen LogP contribution is 2.07. The molecule has 0 aliphatic carbocycles. The highest BCUT2D eigenvalue weighted by molar-refractivity contribution is 7.08. The van der Waals surface area contributed by atoms with Crippen molar-refractivity contribution in [3.63, 3.8) is 0 Å². The zero-order valence-electron chi connectivity index (χ0n) is 5.53. The summed E-state index contributed by atoms with van der Waals surface area (Å²) < 4.78 is 0. The molecule has 1 aromatic rings. The van der Waals surface area contributed by atoms with Gasteiger partial charge < -0.3 is 5.11 Å². The van der Waals surface area contributed by atoms with Crippen molar-refractivity contribution in [1.29, 1.82) is 0 Å². The van der Waals surface area contributed by atoms with E-state index < -0.39 is 0 Å². The van der Waals surface area contributed by atoms with Gasteiger partial charge in [-0.2, -0.15) is 11.3 Å². The molecule has 0 unspecified atom stereocenters. The average Bonchev–Trinajstić information content (AvgIpc) is 2.41. The van der Waals surface area contributed by atoms with E-state index in [1.807, 2.05) is 23.6 Å². The maximum absolute atomic E-state index is 8.32. The molecule has 0 aliphatic heterocycles. The van der Waals surface area contributed by atoms with Gasteiger partial charge in [-0.25, -0.2) is 0 Å². The number of aliphatic hydroxyl groups excluding tert-OH is 1. The molecule has 1 aromatic heterocycles. The highest BCUT2D eigenvalue weighted by atomic mass is 32.1. The summed E-state index contributed by atoms with van der Waals surface area (Å²) in [5.41, 5.74) is 1.20. The van der Waals surface area contributed by atoms with E-state index in [1.165, 1.54) is 5.56 Å². The lowest BCUT2D eigenvalue weighted by Gasteiger charge is -1.82. The van der Waals surface area contributed by atoms with Crippen molar-refractivity contribution in [3.8, 4) is 0 Å². The second kappa shape index (κ2) is 4.25. The van der Waals surface area contributed by atoms with Crippen molar-refractivity contribution in [1.82, 2.24) is 0 Å². The van der Waals surface area contributed by atoms with Gasteiger partial charge >= 0.3 is 0 Å². The van der Waals surface area contributed by atoms with Crippen LogP contribution in [0.2, 0.25) is 0 Å². The first-order valence-corrected chi connectivity index (χ1v) is 4.02. The van der Waals surface area contributed by atoms with E-state index in [0.717, 1.165) is 6.61 Å². The second-order valence-corrected chi connectivity index (χ2v) is 2.66. The Kier molecular flexibility index (Phi) is 3.19. The zero-order valence-corrected chi connectivity index (χ0v) is 6.34. The van der Waals surface area contributed by atoms with Crippen LogP contribution >= 0.6 is 11.3 Å². The molecule has 1 nitrogen and oxygen atoms in total. The Bertz CT molecular complexity index is 189. The molecule has 0 aromatic carbocycles. The van der Waals surface area contributed by atoms with Gasteiger partial charge in [0.2, 0.25) is 0 Å². The van der Waals surface area contributed by atoms with Crippen LogP contribution in [0.3, 0.4) is 0 Å². The first-order valence-electron chi connectivity index (χ1n) is 3.08. The summed E-state index contributed by atoms with van der Waals surface area (Å²) in [6.45, 7) is 1.14. The minimum absolute atomic E-state index is 0.621. The number of rotatable bonds is 3. The third-order valence-electron chi connectivity index (χ3n) is 1.09. The van der Waals surface area contributed by atoms with Gasteiger partial charge in [0.05, 0.1) is 6.61 Å². The summed E-state index contributed by atoms with van der Waals surface area (Å²) >= 11 is 1.67. The van der Waals surface area contributed by atoms with Crippen LogP contribution < -0.4 is 0 Å². The van der Waals surface area contributed by atoms with Crippen molar-refractivity contribution >= 4 is 17.4 Å². The lowest BCUT2D eigenvalue weighted by molar-refractivity contribution is 0.388. The fraction of sp³-hybridized carbons (Fsp3) is 0.125. The molecule has 0 fully saturated rings. The number of thiophene rings is 1. The van der Waals surface area contributed by atoms with Crippen molar-refractivity contribution in [2.24, 2.45) is 0 Å². The Morgan fingerprint density at radius 2 is 2.50 bits per heavy atom. The van der Waals surface area contributed by atoms with E-state index in [-0.39, 0.29) is 0 Å². The zero-order chi connectivity index (χ0) is 7.23. The summed E-state index contributed by atoms with van der Waals surface area (Å²) in [5, 5.41) is 12.4. The molecular weight excluding hydrogens is 144 g/mol. The highest BCUT2D eigenvalue weighted by Gasteiger charge is 1.82. The van der Waals surface area contributed by atoms with Gasteiger partial charge in [0.1, 0.15) is 0 Å². The monoisotopic (exact) mass is 153 g/mol. The maximum atomic E-state index is 8.32. The molecule has 0 amide bonds. The minimum Gasteiger partial charge on any atom is -0.390 e. The molecule has 0 saturated carbocycles. The SMILES string of the molecule is O[CH]C/C=C/c1ccsc1. The first kappa shape index (κ1) is 7.51. The molecule has 0 saturated heterocycles. The molecule has 0 aliphatic rings. The van der Waals surface area contributed by atoms with Gasteiger partial charge in [-0.1, -0.05) is 12.2 Å². The standard InChI is InChI=1S/C8H9OS/c9-5-2-1-3-8-4-6-10-7-8/h1,3-7,9H,2H2/b3-1+. The van der Waals surface area contributed by atoms with Crippen LogP contribution in [0.4, 0.5) is 0 Å². The van der Waals surface area contributed by atoms with Crippen molar-refractivity contribution in [3.05, 3.63) is 35.1 Å². The van der Waals surface area contributed by atoms with E-state index in [1.54, 1.807) is 11.3 Å². The lowest BCUT2D eigenvalue weighted by atomic mass is 10.3. The molecule has 1 rings (SSSR count). The third kappa shape index (κ3) is 2.33. The van der Waals surface area contributed by atoms with E-state index in [4.69, 9.17) is 5.11 Å². The van der Waals surface area contributed by atoms with Crippen molar-refractivity contribution < 1.29 is 5.11 Å². The Balaban J connectivity index is 2.40. The fourth-order valence-corrected chi connectivity index (χ4v) is 1.26. The molecule has 1 heterocycles. The fourth-order valence-electron chi connectivity index (χ4n) is 0.635. The van der Waals surface area contributed by atoms with E-state index >= 15 is 0 Å². The number of hydrogen-bond donors (Lipinski definition) is 1. The largest absolute Gasteiger partial charge is 0.390 e. The summed E-state index contributed by atoms with van der Waals surface area (Å²) in [4.78, 5) is 0. The van der Waals surface area contributed by atoms with Gasteiger partial charge in [-0.3, -0.25) is 0 Å². The van der Waals surface area contributed by atoms with E-state index in [0.29, 0.717) is 6.42 Å². The van der Waals surface area contributed by atoms with Crippen LogP contribution in [-0.4, -0.2) is 5.11 Å². The lowest BCUT2D eigenvalue weighted by Crippen LogP contribution is -1.66. The van der Waals surface area contributed by atoms with Crippen molar-refractivity contribution in [2.75, 3.05) is 0 Å². The Labute approximate surface area is 64.6 Å². The molecule has 0 spiro atoms. The van der Waals surface area contributed by atoms with Crippen LogP contribution in [0.1, 0.15) is 12.0 Å².